The molecule has 3 heterocycles. The number of nitrogens with zero attached hydrogens (tertiary/aromatic N) is 3. The summed E-state index contributed by atoms with van der Waals surface area (Å²) in [5, 5.41) is 6.30. The summed E-state index contributed by atoms with van der Waals surface area (Å²) >= 11 is 0. The highest BCUT2D eigenvalue weighted by Crippen LogP contribution is 2.33. The summed E-state index contributed by atoms with van der Waals surface area (Å²) in [6.45, 7) is 7.25. The molecule has 43 heavy (non-hydrogen) atoms. The summed E-state index contributed by atoms with van der Waals surface area (Å²) in [7, 11) is 0. The summed E-state index contributed by atoms with van der Waals surface area (Å²) < 4.78 is 28.7. The molecule has 6 rings (SSSR count). The molecule has 0 aliphatic carbocycles. The maximum absolute atomic E-state index is 12.9. The Morgan fingerprint density at radius 1 is 0.977 bits per heavy atom. The summed E-state index contributed by atoms with van der Waals surface area (Å²) in [4.78, 5) is 19.0. The fourth-order valence-electron chi connectivity index (χ4n) is 5.27. The predicted molar refractivity (Wildman–Crippen MR) is 160 cm³/mol. The fourth-order valence-corrected chi connectivity index (χ4v) is 5.27. The first-order valence-electron chi connectivity index (χ1n) is 14.5. The van der Waals surface area contributed by atoms with Gasteiger partial charge in [0.05, 0.1) is 25.5 Å². The van der Waals surface area contributed by atoms with Crippen LogP contribution >= 0.6 is 0 Å². The van der Waals surface area contributed by atoms with E-state index in [-0.39, 0.29) is 24.7 Å². The molecule has 0 saturated carbocycles. The Balaban J connectivity index is 1.13. The van der Waals surface area contributed by atoms with Gasteiger partial charge in [-0.15, -0.1) is 0 Å². The lowest BCUT2D eigenvalue weighted by atomic mass is 9.87. The van der Waals surface area contributed by atoms with Crippen LogP contribution in [0.15, 0.2) is 94.1 Å². The minimum absolute atomic E-state index is 0.0972. The molecular formula is C34H35N3O6. The molecule has 1 aliphatic rings. The number of amides is 1. The van der Waals surface area contributed by atoms with Gasteiger partial charge < -0.3 is 28.1 Å². The molecule has 9 nitrogen and oxygen atoms in total. The molecule has 2 unspecified atom stereocenters. The lowest BCUT2D eigenvalue weighted by molar-refractivity contribution is -0.0359. The number of furan rings is 1. The van der Waals surface area contributed by atoms with Crippen LogP contribution in [0.1, 0.15) is 50.1 Å². The second kappa shape index (κ2) is 12.3. The number of hydrogen-bond donors (Lipinski definition) is 0. The zero-order chi connectivity index (χ0) is 29.8. The van der Waals surface area contributed by atoms with E-state index in [0.29, 0.717) is 42.9 Å². The van der Waals surface area contributed by atoms with Gasteiger partial charge in [-0.25, -0.2) is 4.79 Å². The van der Waals surface area contributed by atoms with Gasteiger partial charge in [-0.2, -0.15) is 4.98 Å². The minimum Gasteiger partial charge on any atom is -0.484 e. The number of likely N-dealkylation sites (tertiary alicyclic amines) is 1. The molecule has 1 amide bonds. The average molecular weight is 582 g/mol. The van der Waals surface area contributed by atoms with Gasteiger partial charge in [0.25, 0.3) is 5.89 Å². The molecule has 1 aliphatic heterocycles. The number of carbonyl (C=O) groups is 1. The van der Waals surface area contributed by atoms with Crippen LogP contribution in [0.25, 0.3) is 22.4 Å². The zero-order valence-corrected chi connectivity index (χ0v) is 24.6. The van der Waals surface area contributed by atoms with Gasteiger partial charge in [0.1, 0.15) is 11.4 Å². The normalized spacial score (nSPS) is 17.2. The van der Waals surface area contributed by atoms with E-state index in [2.05, 4.69) is 52.6 Å². The number of hydrogen-bond acceptors (Lipinski definition) is 8. The van der Waals surface area contributed by atoms with Gasteiger partial charge in [-0.3, -0.25) is 0 Å². The number of rotatable bonds is 8. The summed E-state index contributed by atoms with van der Waals surface area (Å²) in [5.41, 5.74) is 1.65. The van der Waals surface area contributed by atoms with Crippen molar-refractivity contribution < 1.29 is 27.9 Å². The standard InChI is InChI=1S/C34H35N3O6/c1-34(2,3)42-33(38)37-17-16-28(30(20-37)41-21-23-10-11-24-7-4-5-8-26(24)19-23)25-12-14-27(15-13-25)40-22-31-35-32(36-43-31)29-9-6-18-39-29/h4-15,18-19,28,30H,16-17,20-22H2,1-3H3. The van der Waals surface area contributed by atoms with Crippen LogP contribution in [0.5, 0.6) is 5.75 Å². The van der Waals surface area contributed by atoms with Crippen LogP contribution in [-0.4, -0.2) is 45.9 Å². The third kappa shape index (κ3) is 7.06. The average Bonchev–Trinajstić information content (AvgIpc) is 3.71. The zero-order valence-electron chi connectivity index (χ0n) is 24.6. The summed E-state index contributed by atoms with van der Waals surface area (Å²) in [6.07, 6.45) is 1.78. The second-order valence-electron chi connectivity index (χ2n) is 11.7. The topological polar surface area (TPSA) is 100 Å². The maximum Gasteiger partial charge on any atom is 0.410 e. The highest BCUT2D eigenvalue weighted by Gasteiger charge is 2.35. The smallest absolute Gasteiger partial charge is 0.410 e. The van der Waals surface area contributed by atoms with E-state index in [1.54, 1.807) is 23.3 Å². The molecule has 2 aromatic heterocycles. The predicted octanol–water partition coefficient (Wildman–Crippen LogP) is 7.37. The number of piperidine rings is 1. The van der Waals surface area contributed by atoms with E-state index in [0.717, 1.165) is 17.5 Å². The molecular weight excluding hydrogens is 546 g/mol. The van der Waals surface area contributed by atoms with Crippen molar-refractivity contribution in [3.63, 3.8) is 0 Å². The van der Waals surface area contributed by atoms with E-state index < -0.39 is 5.60 Å². The molecule has 0 spiro atoms. The number of fused-ring (bicyclic) bond motifs is 1. The Morgan fingerprint density at radius 2 is 1.79 bits per heavy atom. The van der Waals surface area contributed by atoms with Gasteiger partial charge in [0.2, 0.25) is 5.82 Å². The molecule has 0 radical (unpaired) electrons. The van der Waals surface area contributed by atoms with Crippen LogP contribution in [0.3, 0.4) is 0 Å². The summed E-state index contributed by atoms with van der Waals surface area (Å²) in [5.74, 6) is 2.05. The van der Waals surface area contributed by atoms with Gasteiger partial charge in [0.15, 0.2) is 12.4 Å². The van der Waals surface area contributed by atoms with Gasteiger partial charge in [-0.05, 0) is 79.4 Å². The van der Waals surface area contributed by atoms with Crippen molar-refractivity contribution in [2.75, 3.05) is 13.1 Å². The van der Waals surface area contributed by atoms with E-state index >= 15 is 0 Å². The first-order valence-corrected chi connectivity index (χ1v) is 14.5. The number of ether oxygens (including phenoxy) is 3. The van der Waals surface area contributed by atoms with Crippen LogP contribution in [0.2, 0.25) is 0 Å². The molecule has 3 aromatic carbocycles. The lowest BCUT2D eigenvalue weighted by Crippen LogP contribution is -2.48. The van der Waals surface area contributed by atoms with E-state index in [9.17, 15) is 4.79 Å². The van der Waals surface area contributed by atoms with Crippen molar-refractivity contribution in [2.24, 2.45) is 0 Å². The highest BCUT2D eigenvalue weighted by atomic mass is 16.6. The van der Waals surface area contributed by atoms with Crippen molar-refractivity contribution in [3.05, 3.63) is 102 Å². The van der Waals surface area contributed by atoms with Crippen LogP contribution < -0.4 is 4.74 Å². The second-order valence-corrected chi connectivity index (χ2v) is 11.7. The molecule has 2 atom stereocenters. The first kappa shape index (κ1) is 28.5. The molecule has 1 saturated heterocycles. The Bertz CT molecular complexity index is 1660. The SMILES string of the molecule is CC(C)(C)OC(=O)N1CCC(c2ccc(OCc3nc(-c4ccco4)no3)cc2)C(OCc2ccc3ccccc3c2)C1. The molecule has 0 bridgehead atoms. The molecule has 1 fully saturated rings. The lowest BCUT2D eigenvalue weighted by Gasteiger charge is -2.39. The van der Waals surface area contributed by atoms with Gasteiger partial charge >= 0.3 is 6.09 Å². The van der Waals surface area contributed by atoms with E-state index in [1.807, 2.05) is 45.0 Å². The fraction of sp³-hybridized carbons (Fsp3) is 0.324. The van der Waals surface area contributed by atoms with Crippen LogP contribution in [-0.2, 0) is 22.7 Å². The minimum atomic E-state index is -0.563. The van der Waals surface area contributed by atoms with E-state index in [1.165, 1.54) is 10.8 Å². The van der Waals surface area contributed by atoms with Gasteiger partial charge in [0, 0.05) is 12.5 Å². The maximum atomic E-state index is 12.9. The molecule has 9 heteroatoms. The molecule has 5 aromatic rings. The van der Waals surface area contributed by atoms with Gasteiger partial charge in [-0.1, -0.05) is 53.7 Å². The monoisotopic (exact) mass is 581 g/mol. The van der Waals surface area contributed by atoms with Crippen molar-refractivity contribution in [3.8, 4) is 17.3 Å². The van der Waals surface area contributed by atoms with E-state index in [4.69, 9.17) is 23.2 Å². The Labute approximate surface area is 250 Å². The number of carbonyl (C=O) groups excluding carboxylic acids is 1. The number of aromatic nitrogens is 2. The third-order valence-corrected chi connectivity index (χ3v) is 7.37. The summed E-state index contributed by atoms with van der Waals surface area (Å²) in [6, 6.07) is 26.2. The number of benzene rings is 3. The Kier molecular flexibility index (Phi) is 8.16. The quantitative estimate of drug-likeness (QED) is 0.187. The largest absolute Gasteiger partial charge is 0.484 e. The Morgan fingerprint density at radius 3 is 2.56 bits per heavy atom. The first-order chi connectivity index (χ1) is 20.8. The van der Waals surface area contributed by atoms with Crippen molar-refractivity contribution in [1.82, 2.24) is 15.0 Å². The van der Waals surface area contributed by atoms with Crippen molar-refractivity contribution in [2.45, 2.75) is 58.0 Å². The molecule has 222 valence electrons. The van der Waals surface area contributed by atoms with Crippen molar-refractivity contribution in [1.29, 1.82) is 0 Å². The van der Waals surface area contributed by atoms with Crippen molar-refractivity contribution >= 4 is 16.9 Å². The van der Waals surface area contributed by atoms with Crippen LogP contribution in [0.4, 0.5) is 4.79 Å². The Hall–Kier alpha value is -4.63. The molecule has 0 N–H and O–H groups in total. The van der Waals surface area contributed by atoms with Crippen LogP contribution in [0, 0.1) is 0 Å². The highest BCUT2D eigenvalue weighted by molar-refractivity contribution is 5.82. The third-order valence-electron chi connectivity index (χ3n) is 7.37.